The molecule has 1 aliphatic rings. The molecule has 21 heavy (non-hydrogen) atoms. The minimum absolute atomic E-state index is 0.217. The Hall–Kier alpha value is -1.39. The molecule has 0 spiro atoms. The molecule has 2 aromatic rings. The molecule has 1 atom stereocenters. The monoisotopic (exact) mass is 349 g/mol. The summed E-state index contributed by atoms with van der Waals surface area (Å²) in [7, 11) is 0. The second kappa shape index (κ2) is 6.16. The number of rotatable bonds is 4. The van der Waals surface area contributed by atoms with E-state index in [4.69, 9.17) is 4.74 Å². The van der Waals surface area contributed by atoms with E-state index in [0.29, 0.717) is 12.2 Å². The largest absolute Gasteiger partial charge is 0.493 e. The Morgan fingerprint density at radius 1 is 1.29 bits per heavy atom. The van der Waals surface area contributed by atoms with Gasteiger partial charge in [-0.2, -0.15) is 0 Å². The molecule has 0 aromatic heterocycles. The second-order valence-electron chi connectivity index (χ2n) is 5.06. The zero-order valence-electron chi connectivity index (χ0n) is 11.8. The van der Waals surface area contributed by atoms with Crippen LogP contribution in [0.1, 0.15) is 29.7 Å². The highest BCUT2D eigenvalue weighted by molar-refractivity contribution is 9.10. The summed E-state index contributed by atoms with van der Waals surface area (Å²) in [5, 5.41) is 3.38. The molecule has 1 heterocycles. The van der Waals surface area contributed by atoms with Gasteiger partial charge in [0, 0.05) is 22.0 Å². The van der Waals surface area contributed by atoms with Gasteiger partial charge in [0.05, 0.1) is 12.6 Å². The van der Waals surface area contributed by atoms with Gasteiger partial charge in [-0.15, -0.1) is 0 Å². The van der Waals surface area contributed by atoms with Crippen LogP contribution in [0.25, 0.3) is 0 Å². The van der Waals surface area contributed by atoms with Crippen LogP contribution in [0.15, 0.2) is 40.9 Å². The van der Waals surface area contributed by atoms with Crippen LogP contribution < -0.4 is 10.1 Å². The Morgan fingerprint density at radius 2 is 2.10 bits per heavy atom. The Bertz CT molecular complexity index is 639. The number of hydrogen-bond donors (Lipinski definition) is 1. The van der Waals surface area contributed by atoms with Crippen LogP contribution >= 0.6 is 15.9 Å². The summed E-state index contributed by atoms with van der Waals surface area (Å²) in [6, 6.07) is 10.9. The van der Waals surface area contributed by atoms with Gasteiger partial charge in [-0.25, -0.2) is 4.39 Å². The number of halogens is 2. The topological polar surface area (TPSA) is 21.3 Å². The SMILES string of the molecule is CCNC(c1cccc2c1OCC2)c1c(F)cccc1Br. The fourth-order valence-electron chi connectivity index (χ4n) is 2.83. The summed E-state index contributed by atoms with van der Waals surface area (Å²) in [5.74, 6) is 0.685. The molecule has 4 heteroatoms. The standard InChI is InChI=1S/C17H17BrFNO/c1-2-20-16(15-13(18)7-4-8-14(15)19)12-6-3-5-11-9-10-21-17(11)12/h3-8,16,20H,2,9-10H2,1H3. The number of benzene rings is 2. The maximum atomic E-state index is 14.4. The summed E-state index contributed by atoms with van der Waals surface area (Å²) in [4.78, 5) is 0. The molecule has 0 fully saturated rings. The number of nitrogens with one attached hydrogen (secondary N) is 1. The lowest BCUT2D eigenvalue weighted by molar-refractivity contribution is 0.350. The third-order valence-corrected chi connectivity index (χ3v) is 4.44. The van der Waals surface area contributed by atoms with Gasteiger partial charge >= 0.3 is 0 Å². The van der Waals surface area contributed by atoms with Gasteiger partial charge in [-0.3, -0.25) is 0 Å². The predicted molar refractivity (Wildman–Crippen MR) is 85.3 cm³/mol. The summed E-state index contributed by atoms with van der Waals surface area (Å²) in [5.41, 5.74) is 2.82. The van der Waals surface area contributed by atoms with E-state index < -0.39 is 0 Å². The van der Waals surface area contributed by atoms with Crippen molar-refractivity contribution in [3.05, 3.63) is 63.4 Å². The van der Waals surface area contributed by atoms with Crippen molar-refractivity contribution in [2.24, 2.45) is 0 Å². The minimum atomic E-state index is -0.223. The highest BCUT2D eigenvalue weighted by atomic mass is 79.9. The van der Waals surface area contributed by atoms with Crippen molar-refractivity contribution >= 4 is 15.9 Å². The summed E-state index contributed by atoms with van der Waals surface area (Å²) in [6.45, 7) is 3.46. The molecule has 1 N–H and O–H groups in total. The first-order valence-corrected chi connectivity index (χ1v) is 7.93. The molecule has 1 unspecified atom stereocenters. The van der Waals surface area contributed by atoms with Crippen LogP contribution in [0, 0.1) is 5.82 Å². The molecule has 2 aromatic carbocycles. The first-order chi connectivity index (χ1) is 10.2. The zero-order valence-corrected chi connectivity index (χ0v) is 13.4. The van der Waals surface area contributed by atoms with Crippen LogP contribution in [-0.2, 0) is 6.42 Å². The minimum Gasteiger partial charge on any atom is -0.493 e. The zero-order chi connectivity index (χ0) is 14.8. The van der Waals surface area contributed by atoms with E-state index in [9.17, 15) is 4.39 Å². The molecule has 3 rings (SSSR count). The average Bonchev–Trinajstić information content (AvgIpc) is 2.94. The maximum absolute atomic E-state index is 14.4. The number of para-hydroxylation sites is 1. The van der Waals surface area contributed by atoms with Gasteiger partial charge in [-0.05, 0) is 24.2 Å². The Kier molecular flexibility index (Phi) is 4.27. The first kappa shape index (κ1) is 14.5. The van der Waals surface area contributed by atoms with Crippen LogP contribution in [0.3, 0.4) is 0 Å². The van der Waals surface area contributed by atoms with E-state index in [2.05, 4.69) is 27.3 Å². The maximum Gasteiger partial charge on any atom is 0.129 e. The van der Waals surface area contributed by atoms with Crippen molar-refractivity contribution in [1.82, 2.24) is 5.32 Å². The van der Waals surface area contributed by atoms with Crippen molar-refractivity contribution in [1.29, 1.82) is 0 Å². The van der Waals surface area contributed by atoms with E-state index in [0.717, 1.165) is 28.8 Å². The lowest BCUT2D eigenvalue weighted by Crippen LogP contribution is -2.24. The van der Waals surface area contributed by atoms with Crippen molar-refractivity contribution in [3.63, 3.8) is 0 Å². The number of hydrogen-bond acceptors (Lipinski definition) is 2. The van der Waals surface area contributed by atoms with Crippen LogP contribution in [0.4, 0.5) is 4.39 Å². The smallest absolute Gasteiger partial charge is 0.129 e. The lowest BCUT2D eigenvalue weighted by atomic mass is 9.95. The summed E-state index contributed by atoms with van der Waals surface area (Å²) < 4.78 is 20.9. The fraction of sp³-hybridized carbons (Fsp3) is 0.294. The van der Waals surface area contributed by atoms with Crippen molar-refractivity contribution in [3.8, 4) is 5.75 Å². The first-order valence-electron chi connectivity index (χ1n) is 7.14. The molecule has 2 nitrogen and oxygen atoms in total. The highest BCUT2D eigenvalue weighted by Gasteiger charge is 2.26. The van der Waals surface area contributed by atoms with E-state index in [1.807, 2.05) is 25.1 Å². The predicted octanol–water partition coefficient (Wildman–Crippen LogP) is 4.22. The molecular formula is C17H17BrFNO. The van der Waals surface area contributed by atoms with Crippen LogP contribution in [0.2, 0.25) is 0 Å². The molecule has 0 bridgehead atoms. The van der Waals surface area contributed by atoms with Crippen LogP contribution in [0.5, 0.6) is 5.75 Å². The van der Waals surface area contributed by atoms with Gasteiger partial charge in [0.15, 0.2) is 0 Å². The molecule has 0 saturated carbocycles. The third-order valence-electron chi connectivity index (χ3n) is 3.75. The molecule has 0 saturated heterocycles. The van der Waals surface area contributed by atoms with Gasteiger partial charge in [0.1, 0.15) is 11.6 Å². The van der Waals surface area contributed by atoms with E-state index in [1.54, 1.807) is 6.07 Å². The summed E-state index contributed by atoms with van der Waals surface area (Å²) >= 11 is 3.47. The Labute approximate surface area is 132 Å². The molecule has 0 amide bonds. The van der Waals surface area contributed by atoms with E-state index in [1.165, 1.54) is 11.6 Å². The normalized spacial score (nSPS) is 14.6. The fourth-order valence-corrected chi connectivity index (χ4v) is 3.40. The molecule has 110 valence electrons. The highest BCUT2D eigenvalue weighted by Crippen LogP contribution is 2.39. The van der Waals surface area contributed by atoms with Crippen molar-refractivity contribution in [2.75, 3.05) is 13.2 Å². The van der Waals surface area contributed by atoms with Gasteiger partial charge in [0.25, 0.3) is 0 Å². The second-order valence-corrected chi connectivity index (χ2v) is 5.91. The molecule has 0 radical (unpaired) electrons. The van der Waals surface area contributed by atoms with Crippen molar-refractivity contribution in [2.45, 2.75) is 19.4 Å². The van der Waals surface area contributed by atoms with E-state index >= 15 is 0 Å². The third kappa shape index (κ3) is 2.70. The summed E-state index contributed by atoms with van der Waals surface area (Å²) in [6.07, 6.45) is 0.917. The van der Waals surface area contributed by atoms with Gasteiger partial charge in [0.2, 0.25) is 0 Å². The Balaban J connectivity index is 2.13. The number of fused-ring (bicyclic) bond motifs is 1. The molecular weight excluding hydrogens is 333 g/mol. The van der Waals surface area contributed by atoms with Crippen LogP contribution in [-0.4, -0.2) is 13.2 Å². The van der Waals surface area contributed by atoms with E-state index in [-0.39, 0.29) is 11.9 Å². The average molecular weight is 350 g/mol. The van der Waals surface area contributed by atoms with Gasteiger partial charge in [-0.1, -0.05) is 47.1 Å². The number of ether oxygens (including phenoxy) is 1. The van der Waals surface area contributed by atoms with Gasteiger partial charge < -0.3 is 10.1 Å². The quantitative estimate of drug-likeness (QED) is 0.891. The molecule has 0 aliphatic carbocycles. The lowest BCUT2D eigenvalue weighted by Gasteiger charge is -2.22. The van der Waals surface area contributed by atoms with Crippen molar-refractivity contribution < 1.29 is 9.13 Å². The molecule has 1 aliphatic heterocycles. The Morgan fingerprint density at radius 3 is 2.86 bits per heavy atom.